The summed E-state index contributed by atoms with van der Waals surface area (Å²) in [6.07, 6.45) is 5.81. The number of phenols is 1. The Labute approximate surface area is 198 Å². The smallest absolute Gasteiger partial charge is 0.303 e. The van der Waals surface area contributed by atoms with E-state index in [9.17, 15) is 14.7 Å². The summed E-state index contributed by atoms with van der Waals surface area (Å²) in [6, 6.07) is 3.45. The van der Waals surface area contributed by atoms with Crippen LogP contribution in [-0.4, -0.2) is 55.7 Å². The predicted molar refractivity (Wildman–Crippen MR) is 133 cm³/mol. The van der Waals surface area contributed by atoms with Gasteiger partial charge in [0, 0.05) is 28.7 Å². The van der Waals surface area contributed by atoms with Crippen molar-refractivity contribution in [2.24, 2.45) is 0 Å². The van der Waals surface area contributed by atoms with Crippen molar-refractivity contribution in [3.63, 3.8) is 0 Å². The van der Waals surface area contributed by atoms with Gasteiger partial charge in [-0.1, -0.05) is 13.3 Å². The zero-order valence-electron chi connectivity index (χ0n) is 18.4. The number of benzene rings is 1. The Bertz CT molecular complexity index is 725. The zero-order chi connectivity index (χ0) is 22.6. The van der Waals surface area contributed by atoms with E-state index < -0.39 is 5.97 Å². The number of Topliss-reactive ketones (excluding diaryl/α,β-unsaturated/α-hetero) is 1. The Morgan fingerprint density at radius 3 is 2.77 bits per heavy atom. The first kappa shape index (κ1) is 26.3. The van der Waals surface area contributed by atoms with E-state index in [2.05, 4.69) is 0 Å². The van der Waals surface area contributed by atoms with Gasteiger partial charge in [-0.15, -0.1) is 23.5 Å². The number of unbranched alkanes of at least 4 members (excludes halogenated alkanes) is 2. The van der Waals surface area contributed by atoms with Crippen molar-refractivity contribution in [3.05, 3.63) is 23.3 Å². The summed E-state index contributed by atoms with van der Waals surface area (Å²) in [7, 11) is 0. The number of rotatable bonds is 15. The van der Waals surface area contributed by atoms with Crippen LogP contribution in [0.4, 0.5) is 0 Å². The highest BCUT2D eigenvalue weighted by atomic mass is 32.2. The highest BCUT2D eigenvalue weighted by molar-refractivity contribution is 8.20. The molecule has 0 amide bonds. The molecule has 31 heavy (non-hydrogen) atoms. The second kappa shape index (κ2) is 14.2. The number of hydrogen-bond acceptors (Lipinski definition) is 7. The number of carbonyl (C=O) groups excluding carboxylic acids is 1. The number of ether oxygens (including phenoxy) is 1. The third-order valence-electron chi connectivity index (χ3n) is 5.02. The molecule has 1 fully saturated rings. The largest absolute Gasteiger partial charge is 0.507 e. The van der Waals surface area contributed by atoms with Gasteiger partial charge in [0.2, 0.25) is 0 Å². The van der Waals surface area contributed by atoms with Crippen molar-refractivity contribution in [2.75, 3.05) is 23.9 Å². The van der Waals surface area contributed by atoms with Crippen molar-refractivity contribution in [1.82, 2.24) is 0 Å². The number of aliphatic carboxylic acids is 1. The average molecular weight is 487 g/mol. The van der Waals surface area contributed by atoms with Gasteiger partial charge in [0.25, 0.3) is 0 Å². The van der Waals surface area contributed by atoms with Crippen LogP contribution >= 0.6 is 35.3 Å². The predicted octanol–water partition coefficient (Wildman–Crippen LogP) is 5.87. The maximum atomic E-state index is 11.6. The molecule has 1 saturated heterocycles. The molecular formula is C23H34O5S3. The van der Waals surface area contributed by atoms with Gasteiger partial charge in [0.05, 0.1) is 16.8 Å². The molecule has 2 N–H and O–H groups in total. The topological polar surface area (TPSA) is 83.8 Å². The lowest BCUT2D eigenvalue weighted by molar-refractivity contribution is -0.137. The quantitative estimate of drug-likeness (QED) is 0.235. The lowest BCUT2D eigenvalue weighted by atomic mass is 10.0. The van der Waals surface area contributed by atoms with Crippen LogP contribution in [0.25, 0.3) is 0 Å². The molecule has 0 aromatic heterocycles. The minimum Gasteiger partial charge on any atom is -0.507 e. The summed E-state index contributed by atoms with van der Waals surface area (Å²) in [5.74, 6) is 3.32. The standard InChI is InChI=1S/C23H34O5S3/c1-3-7-19-20(9-8-18(16(2)24)23(19)27)28-12-5-4-6-13-29-14-17-15-30-22(31-17)11-10-21(25)26/h8-9,17,22,27H,3-7,10-15H2,1-2H3,(H,25,26). The lowest BCUT2D eigenvalue weighted by Gasteiger charge is -2.14. The number of ketones is 1. The Kier molecular flexibility index (Phi) is 12.0. The molecule has 1 aliphatic rings. The molecule has 1 aliphatic heterocycles. The van der Waals surface area contributed by atoms with Gasteiger partial charge in [-0.05, 0) is 56.9 Å². The summed E-state index contributed by atoms with van der Waals surface area (Å²) in [4.78, 5) is 22.3. The molecule has 8 heteroatoms. The third-order valence-corrected chi connectivity index (χ3v) is 9.86. The second-order valence-corrected chi connectivity index (χ2v) is 11.9. The van der Waals surface area contributed by atoms with Crippen molar-refractivity contribution >= 4 is 47.0 Å². The number of carboxylic acid groups (broad SMARTS) is 1. The van der Waals surface area contributed by atoms with E-state index in [0.29, 0.717) is 34.2 Å². The number of carboxylic acids is 1. The number of phenolic OH excluding ortho intramolecular Hbond substituents is 1. The van der Waals surface area contributed by atoms with Crippen LogP contribution in [0.1, 0.15) is 68.3 Å². The first-order valence-corrected chi connectivity index (χ1v) is 14.1. The fraction of sp³-hybridized carbons (Fsp3) is 0.652. The highest BCUT2D eigenvalue weighted by Gasteiger charge is 2.26. The molecule has 1 aromatic rings. The number of hydrogen-bond donors (Lipinski definition) is 2. The van der Waals surface area contributed by atoms with Crippen LogP contribution in [0, 0.1) is 0 Å². The van der Waals surface area contributed by atoms with E-state index in [4.69, 9.17) is 9.84 Å². The molecule has 0 aliphatic carbocycles. The Morgan fingerprint density at radius 2 is 2.06 bits per heavy atom. The molecule has 1 aromatic carbocycles. The summed E-state index contributed by atoms with van der Waals surface area (Å²) in [5.41, 5.74) is 1.10. The van der Waals surface area contributed by atoms with Gasteiger partial charge in [0.15, 0.2) is 5.78 Å². The zero-order valence-corrected chi connectivity index (χ0v) is 20.9. The van der Waals surface area contributed by atoms with Gasteiger partial charge in [-0.2, -0.15) is 11.8 Å². The Hall–Kier alpha value is -0.990. The Morgan fingerprint density at radius 1 is 1.26 bits per heavy atom. The van der Waals surface area contributed by atoms with Crippen LogP contribution < -0.4 is 4.74 Å². The van der Waals surface area contributed by atoms with Gasteiger partial charge < -0.3 is 14.9 Å². The summed E-state index contributed by atoms with van der Waals surface area (Å²) in [6.45, 7) is 4.12. The average Bonchev–Trinajstić information content (AvgIpc) is 3.18. The number of thioether (sulfide) groups is 3. The summed E-state index contributed by atoms with van der Waals surface area (Å²) in [5, 5.41) is 19.8. The molecule has 2 unspecified atom stereocenters. The molecule has 2 rings (SSSR count). The van der Waals surface area contributed by atoms with Gasteiger partial charge >= 0.3 is 5.97 Å². The van der Waals surface area contributed by atoms with Gasteiger partial charge in [-0.3, -0.25) is 9.59 Å². The minimum atomic E-state index is -0.700. The van der Waals surface area contributed by atoms with Gasteiger partial charge in [-0.25, -0.2) is 0 Å². The SMILES string of the molecule is CCCc1c(OCCCCCSCC2CSC(CCC(=O)O)S2)ccc(C(C)=O)c1O. The maximum Gasteiger partial charge on any atom is 0.303 e. The third kappa shape index (κ3) is 9.18. The molecule has 0 saturated carbocycles. The molecule has 1 heterocycles. The van der Waals surface area contributed by atoms with E-state index >= 15 is 0 Å². The molecule has 5 nitrogen and oxygen atoms in total. The molecule has 0 bridgehead atoms. The van der Waals surface area contributed by atoms with Crippen molar-refractivity contribution in [1.29, 1.82) is 0 Å². The lowest BCUT2D eigenvalue weighted by Crippen LogP contribution is -2.06. The molecule has 0 radical (unpaired) electrons. The first-order chi connectivity index (χ1) is 14.9. The normalized spacial score (nSPS) is 18.3. The van der Waals surface area contributed by atoms with Crippen LogP contribution in [0.2, 0.25) is 0 Å². The van der Waals surface area contributed by atoms with Crippen LogP contribution in [0.5, 0.6) is 11.5 Å². The second-order valence-electron chi connectivity index (χ2n) is 7.68. The van der Waals surface area contributed by atoms with E-state index in [-0.39, 0.29) is 18.0 Å². The molecule has 174 valence electrons. The van der Waals surface area contributed by atoms with Crippen molar-refractivity contribution in [2.45, 2.75) is 68.6 Å². The monoisotopic (exact) mass is 486 g/mol. The molecule has 2 atom stereocenters. The number of aromatic hydroxyl groups is 1. The van der Waals surface area contributed by atoms with E-state index in [1.807, 2.05) is 42.2 Å². The summed E-state index contributed by atoms with van der Waals surface area (Å²) >= 11 is 5.85. The van der Waals surface area contributed by atoms with E-state index in [1.54, 1.807) is 12.1 Å². The Balaban J connectivity index is 1.59. The maximum absolute atomic E-state index is 11.6. The summed E-state index contributed by atoms with van der Waals surface area (Å²) < 4.78 is 6.36. The highest BCUT2D eigenvalue weighted by Crippen LogP contribution is 2.41. The first-order valence-electron chi connectivity index (χ1n) is 11.0. The number of carbonyl (C=O) groups is 2. The minimum absolute atomic E-state index is 0.0661. The fourth-order valence-electron chi connectivity index (χ4n) is 3.40. The van der Waals surface area contributed by atoms with E-state index in [1.165, 1.54) is 6.92 Å². The molecule has 0 spiro atoms. The van der Waals surface area contributed by atoms with E-state index in [0.717, 1.165) is 54.9 Å². The van der Waals surface area contributed by atoms with Crippen molar-refractivity contribution in [3.8, 4) is 11.5 Å². The molecular weight excluding hydrogens is 452 g/mol. The van der Waals surface area contributed by atoms with Crippen LogP contribution in [0.15, 0.2) is 12.1 Å². The van der Waals surface area contributed by atoms with Crippen LogP contribution in [0.3, 0.4) is 0 Å². The van der Waals surface area contributed by atoms with Gasteiger partial charge in [0.1, 0.15) is 11.5 Å². The fourth-order valence-corrected chi connectivity index (χ4v) is 8.19. The van der Waals surface area contributed by atoms with Crippen molar-refractivity contribution < 1.29 is 24.5 Å². The van der Waals surface area contributed by atoms with Crippen LogP contribution in [-0.2, 0) is 11.2 Å².